The van der Waals surface area contributed by atoms with Crippen molar-refractivity contribution in [2.75, 3.05) is 11.1 Å². The lowest BCUT2D eigenvalue weighted by Crippen LogP contribution is -2.16. The van der Waals surface area contributed by atoms with Gasteiger partial charge in [0, 0.05) is 23.0 Å². The number of nitrogens with zero attached hydrogens (tertiary/aromatic N) is 2. The predicted octanol–water partition coefficient (Wildman–Crippen LogP) is 3.30. The second-order valence-corrected chi connectivity index (χ2v) is 5.57. The summed E-state index contributed by atoms with van der Waals surface area (Å²) in [6, 6.07) is 1.92. The van der Waals surface area contributed by atoms with Crippen LogP contribution in [0.4, 0.5) is 0 Å². The Balaban J connectivity index is 2.54. The summed E-state index contributed by atoms with van der Waals surface area (Å²) in [6.07, 6.45) is 1.81. The molecule has 0 spiro atoms. The molecule has 0 aromatic carbocycles. The van der Waals surface area contributed by atoms with Gasteiger partial charge in [-0.25, -0.2) is 9.97 Å². The molecule has 0 aliphatic rings. The maximum atomic E-state index is 4.35. The van der Waals surface area contributed by atoms with Crippen LogP contribution < -0.4 is 0 Å². The average Bonchev–Trinajstić information content (AvgIpc) is 2.15. The molecule has 0 saturated carbocycles. The van der Waals surface area contributed by atoms with Crippen LogP contribution in [0.25, 0.3) is 0 Å². The van der Waals surface area contributed by atoms with Crippen molar-refractivity contribution < 1.29 is 0 Å². The van der Waals surface area contributed by atoms with Crippen LogP contribution in [-0.4, -0.2) is 21.1 Å². The zero-order valence-electron chi connectivity index (χ0n) is 8.75. The first-order valence-corrected chi connectivity index (χ1v) is 6.63. The smallest absolute Gasteiger partial charge is 0.187 e. The summed E-state index contributed by atoms with van der Waals surface area (Å²) in [7, 11) is 0. The highest BCUT2D eigenvalue weighted by molar-refractivity contribution is 9.09. The minimum absolute atomic E-state index is 0.289. The van der Waals surface area contributed by atoms with Gasteiger partial charge >= 0.3 is 0 Å². The first kappa shape index (κ1) is 12.0. The first-order valence-electron chi connectivity index (χ1n) is 4.52. The molecule has 1 heterocycles. The molecule has 0 aliphatic carbocycles. The highest BCUT2D eigenvalue weighted by atomic mass is 79.9. The molecule has 0 aliphatic heterocycles. The molecule has 0 fully saturated rings. The molecule has 0 N–H and O–H groups in total. The number of alkyl halides is 1. The monoisotopic (exact) mass is 274 g/mol. The highest BCUT2D eigenvalue weighted by Crippen LogP contribution is 2.26. The highest BCUT2D eigenvalue weighted by Gasteiger charge is 2.16. The van der Waals surface area contributed by atoms with E-state index in [1.807, 2.05) is 19.2 Å². The Labute approximate surface area is 98.1 Å². The van der Waals surface area contributed by atoms with E-state index in [2.05, 4.69) is 39.7 Å². The average molecular weight is 275 g/mol. The van der Waals surface area contributed by atoms with Crippen molar-refractivity contribution in [2.24, 2.45) is 5.41 Å². The number of hydrogen-bond acceptors (Lipinski definition) is 3. The van der Waals surface area contributed by atoms with Gasteiger partial charge in [0.2, 0.25) is 0 Å². The molecular formula is C10H15BrN2S. The van der Waals surface area contributed by atoms with Crippen molar-refractivity contribution in [1.29, 1.82) is 0 Å². The summed E-state index contributed by atoms with van der Waals surface area (Å²) in [5, 5.41) is 1.87. The summed E-state index contributed by atoms with van der Waals surface area (Å²) < 4.78 is 0. The lowest BCUT2D eigenvalue weighted by atomic mass is 10.0. The minimum Gasteiger partial charge on any atom is -0.231 e. The number of aromatic nitrogens is 2. The van der Waals surface area contributed by atoms with E-state index in [-0.39, 0.29) is 5.41 Å². The summed E-state index contributed by atoms with van der Waals surface area (Å²) in [5.74, 6) is 1.03. The van der Waals surface area contributed by atoms with E-state index in [0.717, 1.165) is 21.9 Å². The number of halogens is 1. The molecule has 1 aromatic heterocycles. The quantitative estimate of drug-likeness (QED) is 0.479. The lowest BCUT2D eigenvalue weighted by Gasteiger charge is -2.19. The Bertz CT molecular complexity index is 302. The van der Waals surface area contributed by atoms with E-state index < -0.39 is 0 Å². The summed E-state index contributed by atoms with van der Waals surface area (Å²) >= 11 is 5.22. The number of aryl methyl sites for hydroxylation is 1. The largest absolute Gasteiger partial charge is 0.231 e. The van der Waals surface area contributed by atoms with Gasteiger partial charge in [-0.1, -0.05) is 41.5 Å². The van der Waals surface area contributed by atoms with Crippen molar-refractivity contribution in [3.63, 3.8) is 0 Å². The fourth-order valence-corrected chi connectivity index (χ4v) is 2.22. The molecule has 1 aromatic rings. The fourth-order valence-electron chi connectivity index (χ4n) is 0.794. The van der Waals surface area contributed by atoms with E-state index in [1.54, 1.807) is 11.8 Å². The molecule has 0 amide bonds. The van der Waals surface area contributed by atoms with Gasteiger partial charge in [-0.2, -0.15) is 0 Å². The molecule has 0 atom stereocenters. The number of hydrogen-bond donors (Lipinski definition) is 0. The van der Waals surface area contributed by atoms with Crippen molar-refractivity contribution >= 4 is 27.7 Å². The molecule has 0 radical (unpaired) electrons. The predicted molar refractivity (Wildman–Crippen MR) is 65.1 cm³/mol. The Hall–Kier alpha value is -0.0900. The maximum absolute atomic E-state index is 4.35. The van der Waals surface area contributed by atoms with Crippen LogP contribution in [0.5, 0.6) is 0 Å². The molecule has 4 heteroatoms. The summed E-state index contributed by atoms with van der Waals surface area (Å²) in [4.78, 5) is 8.56. The Morgan fingerprint density at radius 2 is 2.21 bits per heavy atom. The summed E-state index contributed by atoms with van der Waals surface area (Å²) in [5.41, 5.74) is 1.32. The standard InChI is InChI=1S/C10H15BrN2S/c1-8-4-5-12-9(13-8)14-7-10(2,3)6-11/h4-5H,6-7H2,1-3H3. The van der Waals surface area contributed by atoms with Crippen LogP contribution in [-0.2, 0) is 0 Å². The lowest BCUT2D eigenvalue weighted by molar-refractivity contribution is 0.495. The number of rotatable bonds is 4. The van der Waals surface area contributed by atoms with Crippen LogP contribution in [0.2, 0.25) is 0 Å². The van der Waals surface area contributed by atoms with E-state index in [4.69, 9.17) is 0 Å². The van der Waals surface area contributed by atoms with Crippen molar-refractivity contribution in [1.82, 2.24) is 9.97 Å². The first-order chi connectivity index (χ1) is 6.53. The van der Waals surface area contributed by atoms with Crippen molar-refractivity contribution in [3.8, 4) is 0 Å². The molecule has 0 unspecified atom stereocenters. The van der Waals surface area contributed by atoms with Gasteiger partial charge in [0.15, 0.2) is 5.16 Å². The van der Waals surface area contributed by atoms with Gasteiger partial charge in [-0.15, -0.1) is 0 Å². The Kier molecular flexibility index (Phi) is 4.38. The van der Waals surface area contributed by atoms with Crippen LogP contribution in [0.1, 0.15) is 19.5 Å². The minimum atomic E-state index is 0.289. The van der Waals surface area contributed by atoms with Gasteiger partial charge in [0.25, 0.3) is 0 Å². The number of thioether (sulfide) groups is 1. The molecule has 0 saturated heterocycles. The van der Waals surface area contributed by atoms with Gasteiger partial charge in [-0.3, -0.25) is 0 Å². The normalized spacial score (nSPS) is 11.7. The molecule has 2 nitrogen and oxygen atoms in total. The van der Waals surface area contributed by atoms with Gasteiger partial charge < -0.3 is 0 Å². The van der Waals surface area contributed by atoms with Crippen LogP contribution in [0.15, 0.2) is 17.4 Å². The molecule has 1 rings (SSSR count). The third-order valence-corrected chi connectivity index (χ3v) is 4.63. The SMILES string of the molecule is Cc1ccnc(SCC(C)(C)CBr)n1. The van der Waals surface area contributed by atoms with Gasteiger partial charge in [0.05, 0.1) is 0 Å². The maximum Gasteiger partial charge on any atom is 0.187 e. The van der Waals surface area contributed by atoms with Gasteiger partial charge in [0.1, 0.15) is 0 Å². The van der Waals surface area contributed by atoms with E-state index in [0.29, 0.717) is 0 Å². The third-order valence-electron chi connectivity index (χ3n) is 1.73. The zero-order valence-corrected chi connectivity index (χ0v) is 11.2. The zero-order chi connectivity index (χ0) is 10.6. The van der Waals surface area contributed by atoms with Crippen LogP contribution >= 0.6 is 27.7 Å². The van der Waals surface area contributed by atoms with Crippen LogP contribution in [0, 0.1) is 12.3 Å². The molecule has 0 bridgehead atoms. The Morgan fingerprint density at radius 3 is 2.79 bits per heavy atom. The van der Waals surface area contributed by atoms with Gasteiger partial charge in [-0.05, 0) is 18.4 Å². The molecular weight excluding hydrogens is 260 g/mol. The fraction of sp³-hybridized carbons (Fsp3) is 0.600. The van der Waals surface area contributed by atoms with Crippen molar-refractivity contribution in [2.45, 2.75) is 25.9 Å². The Morgan fingerprint density at radius 1 is 1.50 bits per heavy atom. The van der Waals surface area contributed by atoms with E-state index in [1.165, 1.54) is 0 Å². The second kappa shape index (κ2) is 5.12. The molecule has 14 heavy (non-hydrogen) atoms. The van der Waals surface area contributed by atoms with Crippen molar-refractivity contribution in [3.05, 3.63) is 18.0 Å². The summed E-state index contributed by atoms with van der Waals surface area (Å²) in [6.45, 7) is 6.44. The topological polar surface area (TPSA) is 25.8 Å². The molecule has 78 valence electrons. The second-order valence-electron chi connectivity index (χ2n) is 4.07. The third kappa shape index (κ3) is 3.96. The van der Waals surface area contributed by atoms with E-state index in [9.17, 15) is 0 Å². The van der Waals surface area contributed by atoms with Crippen LogP contribution in [0.3, 0.4) is 0 Å². The van der Waals surface area contributed by atoms with E-state index >= 15 is 0 Å².